The summed E-state index contributed by atoms with van der Waals surface area (Å²) in [6.07, 6.45) is 1.39. The molecule has 4 aromatic rings. The quantitative estimate of drug-likeness (QED) is 0.211. The van der Waals surface area contributed by atoms with Crippen molar-refractivity contribution in [2.75, 3.05) is 9.80 Å². The van der Waals surface area contributed by atoms with Gasteiger partial charge in [-0.25, -0.2) is 13.6 Å². The van der Waals surface area contributed by atoms with Crippen LogP contribution in [-0.2, 0) is 19.6 Å². The molecule has 0 spiro atoms. The van der Waals surface area contributed by atoms with Crippen molar-refractivity contribution in [3.8, 4) is 11.3 Å². The van der Waals surface area contributed by atoms with Gasteiger partial charge in [0, 0.05) is 5.56 Å². The first-order valence-electron chi connectivity index (χ1n) is 11.8. The molecule has 1 saturated heterocycles. The molecular weight excluding hydrogens is 534 g/mol. The highest BCUT2D eigenvalue weighted by molar-refractivity contribution is 7.89. The lowest BCUT2D eigenvalue weighted by Crippen LogP contribution is -2.57. The Morgan fingerprint density at radius 2 is 1.28 bits per heavy atom. The highest BCUT2D eigenvalue weighted by atomic mass is 32.2. The zero-order valence-electron chi connectivity index (χ0n) is 21.0. The zero-order chi connectivity index (χ0) is 27.9. The maximum atomic E-state index is 13.8. The van der Waals surface area contributed by atoms with Gasteiger partial charge in [-0.2, -0.15) is 0 Å². The lowest BCUT2D eigenvalue weighted by Gasteiger charge is -2.37. The predicted octanol–water partition coefficient (Wildman–Crippen LogP) is 4.96. The molecule has 39 heavy (non-hydrogen) atoms. The van der Waals surface area contributed by atoms with Crippen molar-refractivity contribution in [2.24, 2.45) is 5.14 Å². The van der Waals surface area contributed by atoms with Gasteiger partial charge in [-0.3, -0.25) is 19.4 Å². The topological polar surface area (TPSA) is 114 Å². The smallest absolute Gasteiger partial charge is 0.270 e. The van der Waals surface area contributed by atoms with Crippen LogP contribution in [0.25, 0.3) is 17.4 Å². The molecule has 10 heteroatoms. The molecule has 0 unspecified atom stereocenters. The molecule has 0 saturated carbocycles. The first-order chi connectivity index (χ1) is 18.6. The number of primary sulfonamides is 1. The summed E-state index contributed by atoms with van der Waals surface area (Å²) in [4.78, 5) is 30.3. The van der Waals surface area contributed by atoms with Gasteiger partial charge in [-0.1, -0.05) is 36.4 Å². The van der Waals surface area contributed by atoms with E-state index >= 15 is 0 Å². The average molecular weight is 558 g/mol. The number of carbonyl (C=O) groups is 2. The molecule has 0 radical (unpaired) electrons. The van der Waals surface area contributed by atoms with E-state index in [1.165, 1.54) is 28.0 Å². The van der Waals surface area contributed by atoms with E-state index in [1.54, 1.807) is 48.5 Å². The molecule has 3 aromatic carbocycles. The van der Waals surface area contributed by atoms with Crippen LogP contribution in [0.15, 0.2) is 99.8 Å². The lowest BCUT2D eigenvalue weighted by molar-refractivity contribution is -0.120. The van der Waals surface area contributed by atoms with Gasteiger partial charge in [0.25, 0.3) is 11.8 Å². The number of nitrogens with zero attached hydrogens (tertiary/aromatic N) is 2. The second-order valence-corrected chi connectivity index (χ2v) is 10.9. The number of hydrogen-bond donors (Lipinski definition) is 1. The Kier molecular flexibility index (Phi) is 6.77. The van der Waals surface area contributed by atoms with Crippen molar-refractivity contribution < 1.29 is 22.4 Å². The molecule has 2 heterocycles. The molecule has 0 bridgehead atoms. The van der Waals surface area contributed by atoms with Crippen LogP contribution in [0, 0.1) is 13.8 Å². The third-order valence-electron chi connectivity index (χ3n) is 6.34. The Morgan fingerprint density at radius 3 is 1.77 bits per heavy atom. The number of aryl methyl sites for hydroxylation is 2. The molecule has 196 valence electrons. The number of thiocarbonyl (C=S) groups is 1. The fraction of sp³-hybridized carbons (Fsp3) is 0.0690. The van der Waals surface area contributed by atoms with Crippen LogP contribution < -0.4 is 14.9 Å². The van der Waals surface area contributed by atoms with Crippen LogP contribution in [0.3, 0.4) is 0 Å². The maximum Gasteiger partial charge on any atom is 0.270 e. The monoisotopic (exact) mass is 557 g/mol. The van der Waals surface area contributed by atoms with Gasteiger partial charge in [0.15, 0.2) is 5.11 Å². The van der Waals surface area contributed by atoms with Crippen LogP contribution in [0.1, 0.15) is 16.9 Å². The van der Waals surface area contributed by atoms with E-state index in [1.807, 2.05) is 38.1 Å². The van der Waals surface area contributed by atoms with Crippen molar-refractivity contribution in [3.63, 3.8) is 0 Å². The first kappa shape index (κ1) is 26.2. The summed E-state index contributed by atoms with van der Waals surface area (Å²) >= 11 is 5.72. The number of benzene rings is 3. The van der Waals surface area contributed by atoms with Gasteiger partial charge in [-0.15, -0.1) is 0 Å². The molecule has 0 atom stereocenters. The summed E-state index contributed by atoms with van der Waals surface area (Å²) in [5, 5.41) is 5.23. The number of nitrogens with two attached hydrogens (primary N) is 1. The van der Waals surface area contributed by atoms with E-state index in [0.717, 1.165) is 11.1 Å². The third kappa shape index (κ3) is 4.92. The van der Waals surface area contributed by atoms with Crippen LogP contribution in [0.2, 0.25) is 0 Å². The molecular formula is C29H23N3O5S2. The second kappa shape index (κ2) is 10.1. The van der Waals surface area contributed by atoms with E-state index in [-0.39, 0.29) is 21.3 Å². The maximum absolute atomic E-state index is 13.8. The third-order valence-corrected chi connectivity index (χ3v) is 7.64. The molecule has 2 amide bonds. The SMILES string of the molecule is Cc1ccccc1N1C(=O)C(=Cc2ccc(-c3ccc(S(N)(=O)=O)cc3)o2)C(=O)N(c2ccccc2C)C1=S. The Balaban J connectivity index is 1.59. The number of amides is 2. The van der Waals surface area contributed by atoms with Gasteiger partial charge < -0.3 is 4.42 Å². The number of sulfonamides is 1. The van der Waals surface area contributed by atoms with E-state index in [9.17, 15) is 18.0 Å². The largest absolute Gasteiger partial charge is 0.457 e. The molecule has 5 rings (SSSR count). The van der Waals surface area contributed by atoms with Crippen molar-refractivity contribution in [2.45, 2.75) is 18.7 Å². The van der Waals surface area contributed by atoms with Gasteiger partial charge >= 0.3 is 0 Å². The molecule has 0 aliphatic carbocycles. The number of para-hydroxylation sites is 2. The summed E-state index contributed by atoms with van der Waals surface area (Å²) in [6, 6.07) is 23.8. The fourth-order valence-electron chi connectivity index (χ4n) is 4.32. The summed E-state index contributed by atoms with van der Waals surface area (Å²) in [7, 11) is -3.83. The van der Waals surface area contributed by atoms with Crippen molar-refractivity contribution in [1.82, 2.24) is 0 Å². The Labute approximate surface area is 231 Å². The zero-order valence-corrected chi connectivity index (χ0v) is 22.6. The molecule has 2 N–H and O–H groups in total. The Morgan fingerprint density at radius 1 is 0.769 bits per heavy atom. The number of anilines is 2. The van der Waals surface area contributed by atoms with Gasteiger partial charge in [0.05, 0.1) is 16.3 Å². The van der Waals surface area contributed by atoms with E-state index in [2.05, 4.69) is 0 Å². The normalized spacial score (nSPS) is 14.2. The van der Waals surface area contributed by atoms with Crippen LogP contribution in [-0.4, -0.2) is 25.3 Å². The van der Waals surface area contributed by atoms with Crippen LogP contribution >= 0.6 is 12.2 Å². The minimum absolute atomic E-state index is 0.0258. The fourth-order valence-corrected chi connectivity index (χ4v) is 5.20. The highest BCUT2D eigenvalue weighted by Gasteiger charge is 2.42. The molecule has 1 aliphatic heterocycles. The summed E-state index contributed by atoms with van der Waals surface area (Å²) < 4.78 is 29.0. The molecule has 1 aromatic heterocycles. The highest BCUT2D eigenvalue weighted by Crippen LogP contribution is 2.33. The van der Waals surface area contributed by atoms with Crippen molar-refractivity contribution >= 4 is 56.6 Å². The standard InChI is InChI=1S/C29H23N3O5S2/c1-18-7-3-5-9-24(18)31-27(33)23(28(34)32(29(31)38)25-10-6-4-8-19(25)2)17-21-13-16-26(37-21)20-11-14-22(15-12-20)39(30,35)36/h3-17H,1-2H3,(H2,30,35,36). The van der Waals surface area contributed by atoms with E-state index in [4.69, 9.17) is 21.8 Å². The minimum Gasteiger partial charge on any atom is -0.457 e. The lowest BCUT2D eigenvalue weighted by atomic mass is 10.1. The number of hydrogen-bond acceptors (Lipinski definition) is 6. The number of rotatable bonds is 5. The van der Waals surface area contributed by atoms with Crippen LogP contribution in [0.5, 0.6) is 0 Å². The summed E-state index contributed by atoms with van der Waals surface area (Å²) in [5.41, 5.74) is 3.24. The van der Waals surface area contributed by atoms with Gasteiger partial charge in [-0.05, 0) is 91.8 Å². The van der Waals surface area contributed by atoms with E-state index < -0.39 is 21.8 Å². The number of carbonyl (C=O) groups excluding carboxylic acids is 2. The molecule has 8 nitrogen and oxygen atoms in total. The average Bonchev–Trinajstić information content (AvgIpc) is 3.37. The second-order valence-electron chi connectivity index (χ2n) is 8.97. The van der Waals surface area contributed by atoms with Gasteiger partial charge in [0.1, 0.15) is 17.1 Å². The van der Waals surface area contributed by atoms with Crippen molar-refractivity contribution in [3.05, 3.63) is 107 Å². The minimum atomic E-state index is -3.83. The first-order valence-corrected chi connectivity index (χ1v) is 13.8. The van der Waals surface area contributed by atoms with Crippen LogP contribution in [0.4, 0.5) is 11.4 Å². The summed E-state index contributed by atoms with van der Waals surface area (Å²) in [5.74, 6) is -0.459. The Hall–Kier alpha value is -4.38. The van der Waals surface area contributed by atoms with Crippen molar-refractivity contribution in [1.29, 1.82) is 0 Å². The van der Waals surface area contributed by atoms with E-state index in [0.29, 0.717) is 22.7 Å². The predicted molar refractivity (Wildman–Crippen MR) is 153 cm³/mol. The molecule has 1 fully saturated rings. The Bertz CT molecular complexity index is 1700. The molecule has 1 aliphatic rings. The summed E-state index contributed by atoms with van der Waals surface area (Å²) in [6.45, 7) is 3.73. The van der Waals surface area contributed by atoms with Gasteiger partial charge in [0.2, 0.25) is 10.0 Å². The number of furan rings is 1.